The highest BCUT2D eigenvalue weighted by molar-refractivity contribution is 6.03. The van der Waals surface area contributed by atoms with Crippen molar-refractivity contribution < 1.29 is 4.79 Å². The van der Waals surface area contributed by atoms with Gasteiger partial charge in [-0.05, 0) is 31.0 Å². The Kier molecular flexibility index (Phi) is 3.03. The molecule has 0 saturated heterocycles. The number of aryl methyl sites for hydroxylation is 2. The Morgan fingerprint density at radius 1 is 1.47 bits per heavy atom. The molecule has 0 aliphatic heterocycles. The molecule has 3 nitrogen and oxygen atoms in total. The van der Waals surface area contributed by atoms with Crippen LogP contribution in [0.15, 0.2) is 24.3 Å². The monoisotopic (exact) mass is 230 g/mol. The second kappa shape index (κ2) is 4.34. The quantitative estimate of drug-likeness (QED) is 0.823. The van der Waals surface area contributed by atoms with Gasteiger partial charge in [-0.15, -0.1) is 0 Å². The maximum atomic E-state index is 12.1. The first-order valence-electron chi connectivity index (χ1n) is 5.91. The third kappa shape index (κ3) is 1.87. The molecule has 1 heterocycles. The molecule has 17 heavy (non-hydrogen) atoms. The second-order valence-electron chi connectivity index (χ2n) is 4.48. The van der Waals surface area contributed by atoms with Crippen molar-refractivity contribution in [1.82, 2.24) is 4.57 Å². The van der Waals surface area contributed by atoms with E-state index in [1.807, 2.05) is 36.7 Å². The van der Waals surface area contributed by atoms with Crippen molar-refractivity contribution in [3.63, 3.8) is 0 Å². The number of ketones is 1. The highest BCUT2D eigenvalue weighted by atomic mass is 16.1. The highest BCUT2D eigenvalue weighted by Gasteiger charge is 2.18. The zero-order valence-corrected chi connectivity index (χ0v) is 10.5. The van der Waals surface area contributed by atoms with E-state index in [9.17, 15) is 4.79 Å². The van der Waals surface area contributed by atoms with E-state index in [0.717, 1.165) is 10.9 Å². The van der Waals surface area contributed by atoms with E-state index in [2.05, 4.69) is 13.0 Å². The highest BCUT2D eigenvalue weighted by Crippen LogP contribution is 2.22. The lowest BCUT2D eigenvalue weighted by Gasteiger charge is -2.08. The van der Waals surface area contributed by atoms with Gasteiger partial charge in [0.05, 0.1) is 11.7 Å². The van der Waals surface area contributed by atoms with Crippen LogP contribution in [0, 0.1) is 6.92 Å². The van der Waals surface area contributed by atoms with Gasteiger partial charge in [0.1, 0.15) is 0 Å². The first-order chi connectivity index (χ1) is 8.06. The van der Waals surface area contributed by atoms with Gasteiger partial charge in [0, 0.05) is 18.0 Å². The molecule has 0 radical (unpaired) electrons. The van der Waals surface area contributed by atoms with Gasteiger partial charge in [0.2, 0.25) is 0 Å². The van der Waals surface area contributed by atoms with Gasteiger partial charge in [0.15, 0.2) is 5.78 Å². The molecule has 0 amide bonds. The summed E-state index contributed by atoms with van der Waals surface area (Å²) in [7, 11) is 1.91. The lowest BCUT2D eigenvalue weighted by molar-refractivity contribution is 0.0952. The summed E-state index contributed by atoms with van der Waals surface area (Å²) in [5, 5.41) is 1.13. The minimum Gasteiger partial charge on any atom is -0.341 e. The third-order valence-corrected chi connectivity index (χ3v) is 3.33. The lowest BCUT2D eigenvalue weighted by atomic mass is 10.1. The van der Waals surface area contributed by atoms with Crippen LogP contribution < -0.4 is 5.73 Å². The number of Topliss-reactive ketones (excluding diaryl/α,β-unsaturated/α-hetero) is 1. The second-order valence-corrected chi connectivity index (χ2v) is 4.48. The molecule has 2 N–H and O–H groups in total. The van der Waals surface area contributed by atoms with Crippen LogP contribution in [-0.4, -0.2) is 16.4 Å². The summed E-state index contributed by atoms with van der Waals surface area (Å²) in [4.78, 5) is 12.1. The summed E-state index contributed by atoms with van der Waals surface area (Å²) in [6, 6.07) is 7.62. The molecular weight excluding hydrogens is 212 g/mol. The molecule has 2 rings (SSSR count). The normalized spacial score (nSPS) is 12.9. The number of rotatable bonds is 3. The van der Waals surface area contributed by atoms with Gasteiger partial charge in [-0.25, -0.2) is 0 Å². The summed E-state index contributed by atoms with van der Waals surface area (Å²) in [5.74, 6) is 0.0191. The van der Waals surface area contributed by atoms with E-state index < -0.39 is 6.04 Å². The number of nitrogens with two attached hydrogens (primary N) is 1. The largest absolute Gasteiger partial charge is 0.341 e. The predicted molar refractivity (Wildman–Crippen MR) is 70.3 cm³/mol. The molecule has 0 aliphatic rings. The van der Waals surface area contributed by atoms with Gasteiger partial charge >= 0.3 is 0 Å². The van der Waals surface area contributed by atoms with Crippen LogP contribution >= 0.6 is 0 Å². The van der Waals surface area contributed by atoms with Crippen LogP contribution in [0.4, 0.5) is 0 Å². The van der Waals surface area contributed by atoms with Crippen molar-refractivity contribution in [1.29, 1.82) is 0 Å². The number of hydrogen-bond acceptors (Lipinski definition) is 2. The zero-order valence-electron chi connectivity index (χ0n) is 10.5. The van der Waals surface area contributed by atoms with Crippen LogP contribution in [0.1, 0.15) is 29.4 Å². The average molecular weight is 230 g/mol. The van der Waals surface area contributed by atoms with E-state index in [1.54, 1.807) is 0 Å². The van der Waals surface area contributed by atoms with Crippen molar-refractivity contribution in [2.24, 2.45) is 12.8 Å². The molecule has 0 aliphatic carbocycles. The molecule has 1 atom stereocenters. The average Bonchev–Trinajstić information content (AvgIpc) is 2.67. The van der Waals surface area contributed by atoms with Crippen molar-refractivity contribution in [3.05, 3.63) is 35.5 Å². The Balaban J connectivity index is 2.60. The lowest BCUT2D eigenvalue weighted by Crippen LogP contribution is -2.30. The van der Waals surface area contributed by atoms with Crippen LogP contribution in [0.3, 0.4) is 0 Å². The van der Waals surface area contributed by atoms with E-state index in [0.29, 0.717) is 12.1 Å². The van der Waals surface area contributed by atoms with Crippen molar-refractivity contribution in [2.75, 3.05) is 0 Å². The Bertz CT molecular complexity index is 569. The van der Waals surface area contributed by atoms with Crippen LogP contribution in [0.25, 0.3) is 10.9 Å². The number of nitrogens with zero attached hydrogens (tertiary/aromatic N) is 1. The molecule has 0 spiro atoms. The molecule has 3 heteroatoms. The molecule has 0 fully saturated rings. The Hall–Kier alpha value is -1.61. The van der Waals surface area contributed by atoms with Gasteiger partial charge in [-0.1, -0.05) is 19.1 Å². The summed E-state index contributed by atoms with van der Waals surface area (Å²) in [5.41, 5.74) is 8.78. The molecule has 0 bridgehead atoms. The van der Waals surface area contributed by atoms with Crippen molar-refractivity contribution >= 4 is 16.7 Å². The third-order valence-electron chi connectivity index (χ3n) is 3.33. The Labute approximate surface area is 101 Å². The maximum absolute atomic E-state index is 12.1. The fourth-order valence-corrected chi connectivity index (χ4v) is 2.12. The molecule has 2 aromatic rings. The number of hydrogen-bond donors (Lipinski definition) is 1. The van der Waals surface area contributed by atoms with Gasteiger partial charge in [0.25, 0.3) is 0 Å². The molecule has 1 aromatic carbocycles. The number of carbonyl (C=O) groups is 1. The summed E-state index contributed by atoms with van der Waals surface area (Å²) < 4.78 is 1.93. The number of carbonyl (C=O) groups excluding carboxylic acids is 1. The number of aromatic nitrogens is 1. The molecule has 90 valence electrons. The molecule has 1 unspecified atom stereocenters. The van der Waals surface area contributed by atoms with Crippen LogP contribution in [-0.2, 0) is 7.05 Å². The van der Waals surface area contributed by atoms with E-state index >= 15 is 0 Å². The fourth-order valence-electron chi connectivity index (χ4n) is 2.12. The summed E-state index contributed by atoms with van der Waals surface area (Å²) >= 11 is 0. The topological polar surface area (TPSA) is 48.0 Å². The van der Waals surface area contributed by atoms with Crippen molar-refractivity contribution in [2.45, 2.75) is 26.3 Å². The summed E-state index contributed by atoms with van der Waals surface area (Å²) in [6.07, 6.45) is 0.666. The minimum atomic E-state index is -0.404. The van der Waals surface area contributed by atoms with Crippen LogP contribution in [0.5, 0.6) is 0 Å². The molecule has 1 aromatic heterocycles. The maximum Gasteiger partial charge on any atom is 0.195 e. The van der Waals surface area contributed by atoms with Crippen LogP contribution in [0.2, 0.25) is 0 Å². The minimum absolute atomic E-state index is 0.0191. The number of fused-ring (bicyclic) bond motifs is 1. The molecular formula is C14H18N2O. The fraction of sp³-hybridized carbons (Fsp3) is 0.357. The Morgan fingerprint density at radius 3 is 2.76 bits per heavy atom. The van der Waals surface area contributed by atoms with E-state index in [-0.39, 0.29) is 5.78 Å². The zero-order chi connectivity index (χ0) is 12.6. The standard InChI is InChI=1S/C14H18N2O/c1-4-11(15)14(17)13-8-10-9(2)6-5-7-12(10)16(13)3/h5-8,11H,4,15H2,1-3H3. The van der Waals surface area contributed by atoms with Gasteiger partial charge in [-0.2, -0.15) is 0 Å². The SMILES string of the molecule is CCC(N)C(=O)c1cc2c(C)cccc2n1C. The Morgan fingerprint density at radius 2 is 2.18 bits per heavy atom. The van der Waals surface area contributed by atoms with Gasteiger partial charge in [-0.3, -0.25) is 4.79 Å². The first-order valence-corrected chi connectivity index (χ1v) is 5.91. The first kappa shape index (κ1) is 11.9. The van der Waals surface area contributed by atoms with E-state index in [4.69, 9.17) is 5.73 Å². The van der Waals surface area contributed by atoms with E-state index in [1.165, 1.54) is 5.56 Å². The molecule has 0 saturated carbocycles. The van der Waals surface area contributed by atoms with Gasteiger partial charge < -0.3 is 10.3 Å². The predicted octanol–water partition coefficient (Wildman–Crippen LogP) is 2.41. The smallest absolute Gasteiger partial charge is 0.195 e. The summed E-state index contributed by atoms with van der Waals surface area (Å²) in [6.45, 7) is 3.98. The van der Waals surface area contributed by atoms with Crippen molar-refractivity contribution in [3.8, 4) is 0 Å². The number of benzene rings is 1.